The van der Waals surface area contributed by atoms with Gasteiger partial charge in [0.2, 0.25) is 0 Å². The van der Waals surface area contributed by atoms with E-state index in [0.29, 0.717) is 24.6 Å². The van der Waals surface area contributed by atoms with Gasteiger partial charge in [-0.05, 0) is 62.3 Å². The van der Waals surface area contributed by atoms with Crippen molar-refractivity contribution < 1.29 is 9.84 Å². The molecule has 28 heavy (non-hydrogen) atoms. The van der Waals surface area contributed by atoms with Crippen LogP contribution in [0.3, 0.4) is 0 Å². The van der Waals surface area contributed by atoms with Gasteiger partial charge in [0.15, 0.2) is 5.82 Å². The number of fused-ring (bicyclic) bond motifs is 1. The van der Waals surface area contributed by atoms with Crippen molar-refractivity contribution in [2.24, 2.45) is 0 Å². The lowest BCUT2D eigenvalue weighted by Crippen LogP contribution is -2.48. The number of nitrogens with one attached hydrogen (secondary N) is 1. The quantitative estimate of drug-likeness (QED) is 0.703. The smallest absolute Gasteiger partial charge is 0.158 e. The molecule has 1 aromatic carbocycles. The average Bonchev–Trinajstić information content (AvgIpc) is 3.52. The van der Waals surface area contributed by atoms with Gasteiger partial charge < -0.3 is 15.2 Å². The summed E-state index contributed by atoms with van der Waals surface area (Å²) in [7, 11) is 1.70. The van der Waals surface area contributed by atoms with Gasteiger partial charge in [0.05, 0.1) is 12.7 Å². The summed E-state index contributed by atoms with van der Waals surface area (Å²) in [5.41, 5.74) is 2.47. The van der Waals surface area contributed by atoms with Gasteiger partial charge in [-0.15, -0.1) is 10.2 Å². The lowest BCUT2D eigenvalue weighted by atomic mass is 9.77. The van der Waals surface area contributed by atoms with Crippen LogP contribution in [-0.4, -0.2) is 39.0 Å². The van der Waals surface area contributed by atoms with Gasteiger partial charge in [-0.3, -0.25) is 4.98 Å². The van der Waals surface area contributed by atoms with E-state index in [9.17, 15) is 5.11 Å². The number of ether oxygens (including phenoxy) is 1. The molecule has 0 radical (unpaired) electrons. The molecule has 0 aliphatic heterocycles. The molecule has 2 aliphatic carbocycles. The number of hydrogen-bond donors (Lipinski definition) is 2. The highest BCUT2D eigenvalue weighted by Gasteiger charge is 2.38. The van der Waals surface area contributed by atoms with E-state index < -0.39 is 5.60 Å². The minimum Gasteiger partial charge on any atom is -0.496 e. The molecule has 6 heteroatoms. The second-order valence-corrected chi connectivity index (χ2v) is 8.30. The van der Waals surface area contributed by atoms with E-state index in [1.165, 1.54) is 18.4 Å². The molecule has 0 spiro atoms. The van der Waals surface area contributed by atoms with Crippen molar-refractivity contribution in [2.45, 2.75) is 50.2 Å². The Morgan fingerprint density at radius 1 is 1.14 bits per heavy atom. The SMILES string of the molecule is COc1cc(C2CC2)ccc1-c1nnc(N[C@H]2C[C@@](C)(O)C2)c2cnccc12. The Labute approximate surface area is 164 Å². The maximum absolute atomic E-state index is 9.99. The summed E-state index contributed by atoms with van der Waals surface area (Å²) in [6.07, 6.45) is 7.51. The van der Waals surface area contributed by atoms with Crippen LogP contribution in [0.2, 0.25) is 0 Å². The van der Waals surface area contributed by atoms with Crippen LogP contribution in [0.4, 0.5) is 5.82 Å². The first-order valence-corrected chi connectivity index (χ1v) is 9.82. The topological polar surface area (TPSA) is 80.2 Å². The minimum atomic E-state index is -0.588. The van der Waals surface area contributed by atoms with Crippen LogP contribution in [0, 0.1) is 0 Å². The van der Waals surface area contributed by atoms with Crippen LogP contribution < -0.4 is 10.1 Å². The molecule has 2 aliphatic rings. The fourth-order valence-electron chi connectivity index (χ4n) is 4.17. The molecule has 2 aromatic heterocycles. The molecule has 2 fully saturated rings. The van der Waals surface area contributed by atoms with Gasteiger partial charge in [0.25, 0.3) is 0 Å². The fourth-order valence-corrected chi connectivity index (χ4v) is 4.17. The van der Waals surface area contributed by atoms with Crippen molar-refractivity contribution in [3.05, 3.63) is 42.2 Å². The van der Waals surface area contributed by atoms with Gasteiger partial charge in [-0.2, -0.15) is 0 Å². The number of hydrogen-bond acceptors (Lipinski definition) is 6. The van der Waals surface area contributed by atoms with E-state index in [0.717, 1.165) is 27.8 Å². The van der Waals surface area contributed by atoms with Crippen molar-refractivity contribution in [3.63, 3.8) is 0 Å². The van der Waals surface area contributed by atoms with Gasteiger partial charge >= 0.3 is 0 Å². The number of anilines is 1. The third-order valence-electron chi connectivity index (χ3n) is 5.82. The van der Waals surface area contributed by atoms with E-state index in [-0.39, 0.29) is 6.04 Å². The number of pyridine rings is 1. The molecule has 0 bridgehead atoms. The largest absolute Gasteiger partial charge is 0.496 e. The van der Waals surface area contributed by atoms with Crippen LogP contribution in [0.25, 0.3) is 22.0 Å². The Morgan fingerprint density at radius 2 is 1.96 bits per heavy atom. The number of nitrogens with zero attached hydrogens (tertiary/aromatic N) is 3. The Bertz CT molecular complexity index is 1040. The van der Waals surface area contributed by atoms with E-state index in [4.69, 9.17) is 4.74 Å². The van der Waals surface area contributed by atoms with Crippen LogP contribution >= 0.6 is 0 Å². The zero-order valence-electron chi connectivity index (χ0n) is 16.1. The third kappa shape index (κ3) is 3.07. The van der Waals surface area contributed by atoms with Crippen LogP contribution in [0.15, 0.2) is 36.7 Å². The van der Waals surface area contributed by atoms with Gasteiger partial charge in [-0.1, -0.05) is 6.07 Å². The molecule has 2 N–H and O–H groups in total. The van der Waals surface area contributed by atoms with E-state index in [2.05, 4.69) is 38.7 Å². The second kappa shape index (κ2) is 6.41. The van der Waals surface area contributed by atoms with Gasteiger partial charge in [-0.25, -0.2) is 0 Å². The lowest BCUT2D eigenvalue weighted by Gasteiger charge is -2.41. The maximum Gasteiger partial charge on any atom is 0.158 e. The predicted octanol–water partition coefficient (Wildman–Crippen LogP) is 3.90. The highest BCUT2D eigenvalue weighted by molar-refractivity contribution is 6.00. The zero-order valence-corrected chi connectivity index (χ0v) is 16.1. The van der Waals surface area contributed by atoms with Crippen molar-refractivity contribution in [1.29, 1.82) is 0 Å². The summed E-state index contributed by atoms with van der Waals surface area (Å²) in [6.45, 7) is 1.86. The van der Waals surface area contributed by atoms with Gasteiger partial charge in [0, 0.05) is 34.8 Å². The van der Waals surface area contributed by atoms with E-state index >= 15 is 0 Å². The third-order valence-corrected chi connectivity index (χ3v) is 5.82. The number of benzene rings is 1. The summed E-state index contributed by atoms with van der Waals surface area (Å²) >= 11 is 0. The highest BCUT2D eigenvalue weighted by Crippen LogP contribution is 2.44. The Kier molecular flexibility index (Phi) is 3.98. The zero-order chi connectivity index (χ0) is 19.3. The predicted molar refractivity (Wildman–Crippen MR) is 109 cm³/mol. The fraction of sp³-hybridized carbons (Fsp3) is 0.409. The maximum atomic E-state index is 9.99. The monoisotopic (exact) mass is 376 g/mol. The van der Waals surface area contributed by atoms with Crippen molar-refractivity contribution in [1.82, 2.24) is 15.2 Å². The van der Waals surface area contributed by atoms with E-state index in [1.54, 1.807) is 13.3 Å². The van der Waals surface area contributed by atoms with Crippen LogP contribution in [0.1, 0.15) is 44.1 Å². The van der Waals surface area contributed by atoms with Gasteiger partial charge in [0.1, 0.15) is 11.4 Å². The molecular weight excluding hydrogens is 352 g/mol. The first-order valence-electron chi connectivity index (χ1n) is 9.82. The molecule has 0 amide bonds. The Balaban J connectivity index is 1.55. The highest BCUT2D eigenvalue weighted by atomic mass is 16.5. The standard InChI is InChI=1S/C22H24N4O2/c1-22(27)10-15(11-22)24-21-18-12-23-8-7-16(18)20(25-26-21)17-6-5-14(13-3-4-13)9-19(17)28-2/h5-9,12-13,15,27H,3-4,10-11H2,1-2H3,(H,24,26)/t15-,22+. The molecule has 6 nitrogen and oxygen atoms in total. The van der Waals surface area contributed by atoms with Crippen molar-refractivity contribution >= 4 is 16.6 Å². The Hall–Kier alpha value is -2.73. The lowest BCUT2D eigenvalue weighted by molar-refractivity contribution is -0.0235. The van der Waals surface area contributed by atoms with Crippen LogP contribution in [-0.2, 0) is 0 Å². The first-order chi connectivity index (χ1) is 13.5. The number of aliphatic hydroxyl groups is 1. The normalized spacial score (nSPS) is 24.0. The van der Waals surface area contributed by atoms with Crippen LogP contribution in [0.5, 0.6) is 5.75 Å². The molecular formula is C22H24N4O2. The Morgan fingerprint density at radius 3 is 2.68 bits per heavy atom. The van der Waals surface area contributed by atoms with Crippen molar-refractivity contribution in [3.8, 4) is 17.0 Å². The molecule has 3 aromatic rings. The van der Waals surface area contributed by atoms with E-state index in [1.807, 2.05) is 19.2 Å². The number of rotatable bonds is 5. The summed E-state index contributed by atoms with van der Waals surface area (Å²) in [6, 6.07) is 8.56. The molecule has 144 valence electrons. The average molecular weight is 376 g/mol. The molecule has 5 rings (SSSR count). The molecule has 0 unspecified atom stereocenters. The first kappa shape index (κ1) is 17.4. The summed E-state index contributed by atoms with van der Waals surface area (Å²) in [5.74, 6) is 2.20. The molecule has 0 atom stereocenters. The summed E-state index contributed by atoms with van der Waals surface area (Å²) in [4.78, 5) is 4.29. The summed E-state index contributed by atoms with van der Waals surface area (Å²) in [5, 5.41) is 24.3. The molecule has 0 saturated heterocycles. The number of methoxy groups -OCH3 is 1. The van der Waals surface area contributed by atoms with Crippen molar-refractivity contribution in [2.75, 3.05) is 12.4 Å². The molecule has 2 heterocycles. The minimum absolute atomic E-state index is 0.200. The number of aromatic nitrogens is 3. The second-order valence-electron chi connectivity index (χ2n) is 8.30. The summed E-state index contributed by atoms with van der Waals surface area (Å²) < 4.78 is 5.68. The molecule has 2 saturated carbocycles.